The lowest BCUT2D eigenvalue weighted by atomic mass is 9.68. The third-order valence-corrected chi connectivity index (χ3v) is 5.88. The van der Waals surface area contributed by atoms with Gasteiger partial charge in [-0.15, -0.1) is 11.3 Å². The van der Waals surface area contributed by atoms with Crippen molar-refractivity contribution in [2.45, 2.75) is 51.2 Å². The molecule has 0 bridgehead atoms. The van der Waals surface area contributed by atoms with E-state index >= 15 is 0 Å². The number of thiophene rings is 1. The topological polar surface area (TPSA) is 47.3 Å². The van der Waals surface area contributed by atoms with Crippen LogP contribution in [-0.4, -0.2) is 12.7 Å². The van der Waals surface area contributed by atoms with Crippen LogP contribution in [0.4, 0.5) is 0 Å². The van der Waals surface area contributed by atoms with Crippen molar-refractivity contribution < 1.29 is 4.74 Å². The third-order valence-electron chi connectivity index (χ3n) is 4.46. The Morgan fingerprint density at radius 3 is 2.42 bits per heavy atom. The molecule has 1 heterocycles. The maximum absolute atomic E-state index is 6.27. The van der Waals surface area contributed by atoms with E-state index in [9.17, 15) is 0 Å². The molecular weight excluding hydrogens is 280 g/mol. The molecule has 0 aliphatic heterocycles. The SMILES string of the molecule is COC1(C(NN)c2sccc2Cl)CCC(C)(C)CC1. The number of methoxy groups -OCH3 is 1. The highest BCUT2D eigenvalue weighted by Gasteiger charge is 2.45. The maximum atomic E-state index is 6.27. The minimum absolute atomic E-state index is 0.0406. The van der Waals surface area contributed by atoms with Crippen molar-refractivity contribution in [2.75, 3.05) is 7.11 Å². The normalized spacial score (nSPS) is 23.2. The van der Waals surface area contributed by atoms with Crippen molar-refractivity contribution in [3.05, 3.63) is 21.3 Å². The van der Waals surface area contributed by atoms with Gasteiger partial charge in [0.1, 0.15) is 0 Å². The van der Waals surface area contributed by atoms with Crippen LogP contribution in [-0.2, 0) is 4.74 Å². The molecule has 1 saturated carbocycles. The first-order chi connectivity index (χ1) is 8.94. The molecule has 19 heavy (non-hydrogen) atoms. The summed E-state index contributed by atoms with van der Waals surface area (Å²) in [6.07, 6.45) is 4.28. The highest BCUT2D eigenvalue weighted by atomic mass is 35.5. The number of nitrogens with two attached hydrogens (primary N) is 1. The summed E-state index contributed by atoms with van der Waals surface area (Å²) in [5.74, 6) is 5.81. The van der Waals surface area contributed by atoms with Gasteiger partial charge in [0.05, 0.1) is 16.7 Å². The summed E-state index contributed by atoms with van der Waals surface area (Å²) in [4.78, 5) is 1.07. The van der Waals surface area contributed by atoms with Gasteiger partial charge in [-0.1, -0.05) is 25.4 Å². The molecule has 0 amide bonds. The molecule has 3 N–H and O–H groups in total. The molecule has 2 rings (SSSR count). The first-order valence-electron chi connectivity index (χ1n) is 6.68. The van der Waals surface area contributed by atoms with Crippen LogP contribution in [0.2, 0.25) is 5.02 Å². The first-order valence-corrected chi connectivity index (χ1v) is 7.94. The molecule has 108 valence electrons. The smallest absolute Gasteiger partial charge is 0.0894 e. The van der Waals surface area contributed by atoms with Gasteiger partial charge in [-0.3, -0.25) is 5.84 Å². The molecule has 1 aromatic rings. The largest absolute Gasteiger partial charge is 0.376 e. The standard InChI is InChI=1S/C14H23ClN2OS/c1-13(2)5-7-14(18-3,8-6-13)12(17-16)11-10(15)4-9-19-11/h4,9,12,17H,5-8,16H2,1-3H3. The van der Waals surface area contributed by atoms with Gasteiger partial charge < -0.3 is 4.74 Å². The van der Waals surface area contributed by atoms with Crippen molar-refractivity contribution >= 4 is 22.9 Å². The molecule has 1 aromatic heterocycles. The van der Waals surface area contributed by atoms with Crippen molar-refractivity contribution in [3.63, 3.8) is 0 Å². The quantitative estimate of drug-likeness (QED) is 0.655. The van der Waals surface area contributed by atoms with Gasteiger partial charge >= 0.3 is 0 Å². The van der Waals surface area contributed by atoms with Crippen LogP contribution in [0.3, 0.4) is 0 Å². The van der Waals surface area contributed by atoms with Gasteiger partial charge in [-0.05, 0) is 42.5 Å². The summed E-state index contributed by atoms with van der Waals surface area (Å²) in [7, 11) is 1.78. The van der Waals surface area contributed by atoms with Gasteiger partial charge in [-0.2, -0.15) is 0 Å². The van der Waals surface area contributed by atoms with Crippen molar-refractivity contribution in [1.29, 1.82) is 0 Å². The molecule has 0 spiro atoms. The lowest BCUT2D eigenvalue weighted by Crippen LogP contribution is -2.50. The van der Waals surface area contributed by atoms with Crippen LogP contribution in [0.15, 0.2) is 11.4 Å². The van der Waals surface area contributed by atoms with Gasteiger partial charge in [0.2, 0.25) is 0 Å². The second-order valence-corrected chi connectivity index (χ2v) is 7.52. The number of hydrazine groups is 1. The van der Waals surface area contributed by atoms with Gasteiger partial charge in [-0.25, -0.2) is 5.43 Å². The first kappa shape index (κ1) is 15.3. The van der Waals surface area contributed by atoms with E-state index in [0.717, 1.165) is 35.6 Å². The summed E-state index contributed by atoms with van der Waals surface area (Å²) < 4.78 is 5.91. The van der Waals surface area contributed by atoms with E-state index in [1.165, 1.54) is 0 Å². The molecule has 5 heteroatoms. The van der Waals surface area contributed by atoms with Crippen LogP contribution in [0.1, 0.15) is 50.4 Å². The summed E-state index contributed by atoms with van der Waals surface area (Å²) in [5.41, 5.74) is 3.07. The average Bonchev–Trinajstić information content (AvgIpc) is 2.79. The number of rotatable bonds is 4. The molecule has 1 atom stereocenters. The number of hydrogen-bond acceptors (Lipinski definition) is 4. The second kappa shape index (κ2) is 5.70. The Kier molecular flexibility index (Phi) is 4.58. The van der Waals surface area contributed by atoms with E-state index in [1.807, 2.05) is 11.4 Å². The maximum Gasteiger partial charge on any atom is 0.0894 e. The Labute approximate surface area is 124 Å². The summed E-state index contributed by atoms with van der Waals surface area (Å²) in [5, 5.41) is 2.77. The van der Waals surface area contributed by atoms with Crippen LogP contribution < -0.4 is 11.3 Å². The molecule has 0 aromatic carbocycles. The van der Waals surface area contributed by atoms with E-state index in [0.29, 0.717) is 5.41 Å². The van der Waals surface area contributed by atoms with Crippen LogP contribution in [0, 0.1) is 5.41 Å². The van der Waals surface area contributed by atoms with Gasteiger partial charge in [0.15, 0.2) is 0 Å². The predicted molar refractivity (Wildman–Crippen MR) is 81.4 cm³/mol. The molecule has 1 fully saturated rings. The molecule has 0 saturated heterocycles. The highest BCUT2D eigenvalue weighted by Crippen LogP contribution is 2.48. The molecule has 1 aliphatic rings. The Morgan fingerprint density at radius 1 is 1.37 bits per heavy atom. The van der Waals surface area contributed by atoms with E-state index in [-0.39, 0.29) is 11.6 Å². The zero-order valence-corrected chi connectivity index (χ0v) is 13.4. The van der Waals surface area contributed by atoms with Crippen molar-refractivity contribution in [1.82, 2.24) is 5.43 Å². The average molecular weight is 303 g/mol. The monoisotopic (exact) mass is 302 g/mol. The summed E-state index contributed by atoms with van der Waals surface area (Å²) >= 11 is 7.90. The Morgan fingerprint density at radius 2 is 2.00 bits per heavy atom. The lowest BCUT2D eigenvalue weighted by Gasteiger charge is -2.46. The molecular formula is C14H23ClN2OS. The second-order valence-electron chi connectivity index (χ2n) is 6.17. The van der Waals surface area contributed by atoms with Crippen LogP contribution >= 0.6 is 22.9 Å². The van der Waals surface area contributed by atoms with E-state index in [1.54, 1.807) is 18.4 Å². The minimum atomic E-state index is -0.251. The minimum Gasteiger partial charge on any atom is -0.376 e. The molecule has 1 aliphatic carbocycles. The van der Waals surface area contributed by atoms with Gasteiger partial charge in [0.25, 0.3) is 0 Å². The summed E-state index contributed by atoms with van der Waals surface area (Å²) in [6, 6.07) is 1.88. The Balaban J connectivity index is 2.27. The third kappa shape index (κ3) is 2.98. The predicted octanol–water partition coefficient (Wildman–Crippen LogP) is 3.89. The fourth-order valence-electron chi connectivity index (χ4n) is 2.94. The van der Waals surface area contributed by atoms with E-state index in [2.05, 4.69) is 19.3 Å². The lowest BCUT2D eigenvalue weighted by molar-refractivity contribution is -0.0869. The zero-order chi connectivity index (χ0) is 14.1. The fraction of sp³-hybridized carbons (Fsp3) is 0.714. The Bertz CT molecular complexity index is 423. The van der Waals surface area contributed by atoms with Gasteiger partial charge in [0, 0.05) is 12.0 Å². The highest BCUT2D eigenvalue weighted by molar-refractivity contribution is 7.10. The number of hydrogen-bond donors (Lipinski definition) is 2. The molecule has 3 nitrogen and oxygen atoms in total. The van der Waals surface area contributed by atoms with Crippen molar-refractivity contribution in [2.24, 2.45) is 11.3 Å². The van der Waals surface area contributed by atoms with Crippen LogP contribution in [0.5, 0.6) is 0 Å². The van der Waals surface area contributed by atoms with Crippen LogP contribution in [0.25, 0.3) is 0 Å². The fourth-order valence-corrected chi connectivity index (χ4v) is 4.27. The van der Waals surface area contributed by atoms with E-state index < -0.39 is 0 Å². The molecule has 0 radical (unpaired) electrons. The zero-order valence-electron chi connectivity index (χ0n) is 11.8. The Hall–Kier alpha value is -0.130. The molecule has 1 unspecified atom stereocenters. The summed E-state index contributed by atoms with van der Waals surface area (Å²) in [6.45, 7) is 4.63. The number of nitrogens with one attached hydrogen (secondary N) is 1. The number of halogens is 1. The van der Waals surface area contributed by atoms with Crippen molar-refractivity contribution in [3.8, 4) is 0 Å². The van der Waals surface area contributed by atoms with E-state index in [4.69, 9.17) is 22.2 Å². The number of ether oxygens (including phenoxy) is 1.